The molecular formula is C28H27NO3. The molecule has 0 bridgehead atoms. The van der Waals surface area contributed by atoms with Gasteiger partial charge in [0.1, 0.15) is 13.2 Å². The SMILES string of the molecule is OCCCc1ccc(-c2ccc(OCc3ccccc3)nc2OCc2ccccc2)cc1. The summed E-state index contributed by atoms with van der Waals surface area (Å²) < 4.78 is 12.1. The van der Waals surface area contributed by atoms with E-state index in [0.717, 1.165) is 35.1 Å². The lowest BCUT2D eigenvalue weighted by atomic mass is 10.0. The first-order valence-electron chi connectivity index (χ1n) is 10.9. The number of pyridine rings is 1. The molecule has 1 heterocycles. The van der Waals surface area contributed by atoms with Crippen LogP contribution in [0, 0.1) is 0 Å². The third-order valence-corrected chi connectivity index (χ3v) is 5.17. The monoisotopic (exact) mass is 425 g/mol. The average Bonchev–Trinajstić information content (AvgIpc) is 2.86. The zero-order valence-electron chi connectivity index (χ0n) is 18.0. The Balaban J connectivity index is 1.56. The summed E-state index contributed by atoms with van der Waals surface area (Å²) in [5, 5.41) is 9.06. The second-order valence-corrected chi connectivity index (χ2v) is 7.57. The summed E-state index contributed by atoms with van der Waals surface area (Å²) in [6, 6.07) is 32.3. The van der Waals surface area contributed by atoms with Gasteiger partial charge >= 0.3 is 0 Å². The van der Waals surface area contributed by atoms with Crippen molar-refractivity contribution in [1.29, 1.82) is 0 Å². The quantitative estimate of drug-likeness (QED) is 0.347. The smallest absolute Gasteiger partial charge is 0.225 e. The molecule has 0 radical (unpaired) electrons. The van der Waals surface area contributed by atoms with Gasteiger partial charge in [0.15, 0.2) is 0 Å². The summed E-state index contributed by atoms with van der Waals surface area (Å²) in [4.78, 5) is 4.67. The maximum absolute atomic E-state index is 9.06. The van der Waals surface area contributed by atoms with Crippen molar-refractivity contribution in [3.8, 4) is 22.9 Å². The van der Waals surface area contributed by atoms with Crippen molar-refractivity contribution in [2.75, 3.05) is 6.61 Å². The number of aliphatic hydroxyl groups excluding tert-OH is 1. The summed E-state index contributed by atoms with van der Waals surface area (Å²) in [6.45, 7) is 1.08. The Morgan fingerprint density at radius 2 is 1.25 bits per heavy atom. The second kappa shape index (κ2) is 11.1. The largest absolute Gasteiger partial charge is 0.473 e. The summed E-state index contributed by atoms with van der Waals surface area (Å²) >= 11 is 0. The van der Waals surface area contributed by atoms with E-state index in [2.05, 4.69) is 29.2 Å². The highest BCUT2D eigenvalue weighted by Gasteiger charge is 2.11. The number of hydrogen-bond donors (Lipinski definition) is 1. The van der Waals surface area contributed by atoms with E-state index >= 15 is 0 Å². The Kier molecular flexibility index (Phi) is 7.51. The Morgan fingerprint density at radius 3 is 1.88 bits per heavy atom. The third kappa shape index (κ3) is 5.96. The summed E-state index contributed by atoms with van der Waals surface area (Å²) in [5.74, 6) is 1.07. The zero-order chi connectivity index (χ0) is 22.0. The first-order chi connectivity index (χ1) is 15.8. The molecule has 0 fully saturated rings. The Hall–Kier alpha value is -3.63. The Morgan fingerprint density at radius 1 is 0.625 bits per heavy atom. The molecule has 4 rings (SSSR count). The normalized spacial score (nSPS) is 10.7. The van der Waals surface area contributed by atoms with Crippen LogP contribution in [0.2, 0.25) is 0 Å². The molecule has 0 aliphatic carbocycles. The molecule has 4 aromatic rings. The molecule has 0 saturated carbocycles. The molecule has 4 heteroatoms. The number of ether oxygens (including phenoxy) is 2. The van der Waals surface area contributed by atoms with E-state index in [1.54, 1.807) is 0 Å². The highest BCUT2D eigenvalue weighted by Crippen LogP contribution is 2.31. The van der Waals surface area contributed by atoms with Crippen LogP contribution in [0.15, 0.2) is 97.1 Å². The zero-order valence-corrected chi connectivity index (χ0v) is 18.0. The lowest BCUT2D eigenvalue weighted by Gasteiger charge is -2.14. The van der Waals surface area contributed by atoms with Crippen LogP contribution in [-0.2, 0) is 19.6 Å². The number of nitrogens with zero attached hydrogens (tertiary/aromatic N) is 1. The van der Waals surface area contributed by atoms with Gasteiger partial charge in [-0.25, -0.2) is 0 Å². The average molecular weight is 426 g/mol. The number of hydrogen-bond acceptors (Lipinski definition) is 4. The van der Waals surface area contributed by atoms with Crippen LogP contribution in [0.1, 0.15) is 23.1 Å². The van der Waals surface area contributed by atoms with Crippen molar-refractivity contribution >= 4 is 0 Å². The topological polar surface area (TPSA) is 51.6 Å². The van der Waals surface area contributed by atoms with Gasteiger partial charge in [-0.15, -0.1) is 0 Å². The molecule has 0 atom stereocenters. The first kappa shape index (κ1) is 21.6. The predicted molar refractivity (Wildman–Crippen MR) is 127 cm³/mol. The number of aromatic nitrogens is 1. The van der Waals surface area contributed by atoms with Crippen molar-refractivity contribution in [2.24, 2.45) is 0 Å². The van der Waals surface area contributed by atoms with Crippen LogP contribution in [-0.4, -0.2) is 16.7 Å². The van der Waals surface area contributed by atoms with E-state index in [1.165, 1.54) is 5.56 Å². The Bertz CT molecular complexity index is 1100. The van der Waals surface area contributed by atoms with E-state index in [-0.39, 0.29) is 6.61 Å². The number of aryl methyl sites for hydroxylation is 1. The van der Waals surface area contributed by atoms with E-state index < -0.39 is 0 Å². The van der Waals surface area contributed by atoms with Gasteiger partial charge in [-0.1, -0.05) is 84.9 Å². The van der Waals surface area contributed by atoms with Crippen LogP contribution >= 0.6 is 0 Å². The molecule has 0 spiro atoms. The van der Waals surface area contributed by atoms with E-state index in [9.17, 15) is 0 Å². The minimum Gasteiger partial charge on any atom is -0.473 e. The molecule has 32 heavy (non-hydrogen) atoms. The highest BCUT2D eigenvalue weighted by atomic mass is 16.5. The van der Waals surface area contributed by atoms with Gasteiger partial charge in [0.05, 0.1) is 0 Å². The summed E-state index contributed by atoms with van der Waals surface area (Å²) in [7, 11) is 0. The summed E-state index contributed by atoms with van der Waals surface area (Å²) in [5.41, 5.74) is 5.31. The maximum atomic E-state index is 9.06. The summed E-state index contributed by atoms with van der Waals surface area (Å²) in [6.07, 6.45) is 1.62. The molecule has 162 valence electrons. The van der Waals surface area contributed by atoms with Gasteiger partial charge in [0.2, 0.25) is 11.8 Å². The van der Waals surface area contributed by atoms with Gasteiger partial charge in [-0.2, -0.15) is 4.98 Å². The van der Waals surface area contributed by atoms with Crippen LogP contribution in [0.4, 0.5) is 0 Å². The molecule has 4 nitrogen and oxygen atoms in total. The molecule has 0 unspecified atom stereocenters. The molecule has 3 aromatic carbocycles. The standard InChI is InChI=1S/C28H27NO3/c30-19-7-12-22-13-15-25(16-14-22)26-17-18-27(31-20-23-8-3-1-4-9-23)29-28(26)32-21-24-10-5-2-6-11-24/h1-6,8-11,13-18,30H,7,12,19-21H2. The molecule has 0 saturated heterocycles. The van der Waals surface area contributed by atoms with E-state index in [0.29, 0.717) is 25.0 Å². The molecule has 1 N–H and O–H groups in total. The molecule has 1 aromatic heterocycles. The van der Waals surface area contributed by atoms with Crippen molar-refractivity contribution < 1.29 is 14.6 Å². The number of rotatable bonds is 10. The van der Waals surface area contributed by atoms with Crippen LogP contribution in [0.5, 0.6) is 11.8 Å². The van der Waals surface area contributed by atoms with E-state index in [4.69, 9.17) is 14.6 Å². The lowest BCUT2D eigenvalue weighted by molar-refractivity contribution is 0.268. The Labute approximate surface area is 189 Å². The number of aliphatic hydroxyl groups is 1. The molecular weight excluding hydrogens is 398 g/mol. The van der Waals surface area contributed by atoms with Gasteiger partial charge in [0.25, 0.3) is 0 Å². The van der Waals surface area contributed by atoms with E-state index in [1.807, 2.05) is 72.8 Å². The fourth-order valence-electron chi connectivity index (χ4n) is 3.43. The fraction of sp³-hybridized carbons (Fsp3) is 0.179. The first-order valence-corrected chi connectivity index (χ1v) is 10.9. The fourth-order valence-corrected chi connectivity index (χ4v) is 3.43. The molecule has 0 aliphatic rings. The molecule has 0 amide bonds. The van der Waals surface area contributed by atoms with Gasteiger partial charge in [0, 0.05) is 18.2 Å². The minimum absolute atomic E-state index is 0.202. The van der Waals surface area contributed by atoms with Crippen molar-refractivity contribution in [1.82, 2.24) is 4.98 Å². The van der Waals surface area contributed by atoms with Crippen LogP contribution < -0.4 is 9.47 Å². The van der Waals surface area contributed by atoms with Crippen molar-refractivity contribution in [2.45, 2.75) is 26.1 Å². The second-order valence-electron chi connectivity index (χ2n) is 7.57. The highest BCUT2D eigenvalue weighted by molar-refractivity contribution is 5.69. The third-order valence-electron chi connectivity index (χ3n) is 5.17. The van der Waals surface area contributed by atoms with Crippen molar-refractivity contribution in [3.05, 3.63) is 114 Å². The minimum atomic E-state index is 0.202. The predicted octanol–water partition coefficient (Wildman–Crippen LogP) is 5.83. The lowest BCUT2D eigenvalue weighted by Crippen LogP contribution is -2.02. The maximum Gasteiger partial charge on any atom is 0.225 e. The van der Waals surface area contributed by atoms with Gasteiger partial charge in [-0.3, -0.25) is 0 Å². The van der Waals surface area contributed by atoms with Gasteiger partial charge < -0.3 is 14.6 Å². The molecule has 0 aliphatic heterocycles. The number of benzene rings is 3. The van der Waals surface area contributed by atoms with Crippen LogP contribution in [0.3, 0.4) is 0 Å². The van der Waals surface area contributed by atoms with Crippen LogP contribution in [0.25, 0.3) is 11.1 Å². The van der Waals surface area contributed by atoms with Gasteiger partial charge in [-0.05, 0) is 41.2 Å². The van der Waals surface area contributed by atoms with Crippen molar-refractivity contribution in [3.63, 3.8) is 0 Å².